The first-order valence-electron chi connectivity index (χ1n) is 10.3. The van der Waals surface area contributed by atoms with Crippen LogP contribution in [0.3, 0.4) is 0 Å². The number of hydrogen-bond donors (Lipinski definition) is 1. The normalized spacial score (nSPS) is 19.0. The quantitative estimate of drug-likeness (QED) is 0.724. The second kappa shape index (κ2) is 7.78. The summed E-state index contributed by atoms with van der Waals surface area (Å²) in [6.45, 7) is 3.01. The summed E-state index contributed by atoms with van der Waals surface area (Å²) in [5.41, 5.74) is 3.30. The molecule has 2 aliphatic rings. The molecule has 2 aromatic heterocycles. The van der Waals surface area contributed by atoms with Crippen LogP contribution in [0.5, 0.6) is 0 Å². The largest absolute Gasteiger partial charge is 0.329 e. The summed E-state index contributed by atoms with van der Waals surface area (Å²) >= 11 is 0. The van der Waals surface area contributed by atoms with Gasteiger partial charge in [-0.15, -0.1) is 5.10 Å². The molecule has 8 nitrogen and oxygen atoms in total. The SMILES string of the molecule is CN(c1ccccc1)c1ccc(C2CN(C(=O)N3CC[C@H](c4cnn[nH]4)C3)C2)cn1. The van der Waals surface area contributed by atoms with Crippen LogP contribution >= 0.6 is 0 Å². The Bertz CT molecular complexity index is 984. The van der Waals surface area contributed by atoms with Gasteiger partial charge in [0.25, 0.3) is 0 Å². The second-order valence-corrected chi connectivity index (χ2v) is 8.07. The Morgan fingerprint density at radius 1 is 1.03 bits per heavy atom. The molecule has 1 atom stereocenters. The fourth-order valence-corrected chi connectivity index (χ4v) is 4.26. The lowest BCUT2D eigenvalue weighted by Crippen LogP contribution is -2.53. The maximum atomic E-state index is 12.8. The molecule has 0 spiro atoms. The summed E-state index contributed by atoms with van der Waals surface area (Å²) < 4.78 is 0. The Morgan fingerprint density at radius 3 is 2.53 bits per heavy atom. The van der Waals surface area contributed by atoms with Gasteiger partial charge in [-0.3, -0.25) is 5.10 Å². The van der Waals surface area contributed by atoms with Crippen molar-refractivity contribution in [3.8, 4) is 0 Å². The Balaban J connectivity index is 1.15. The maximum absolute atomic E-state index is 12.8. The van der Waals surface area contributed by atoms with Gasteiger partial charge in [-0.05, 0) is 30.2 Å². The monoisotopic (exact) mass is 403 g/mol. The third kappa shape index (κ3) is 3.49. The van der Waals surface area contributed by atoms with Crippen molar-refractivity contribution in [1.82, 2.24) is 30.2 Å². The summed E-state index contributed by atoms with van der Waals surface area (Å²) in [7, 11) is 2.02. The number of nitrogens with one attached hydrogen (secondary N) is 1. The van der Waals surface area contributed by atoms with Crippen molar-refractivity contribution in [2.45, 2.75) is 18.3 Å². The third-order valence-corrected chi connectivity index (χ3v) is 6.21. The number of para-hydroxylation sites is 1. The average Bonchev–Trinajstić information content (AvgIpc) is 3.45. The summed E-state index contributed by atoms with van der Waals surface area (Å²) in [5.74, 6) is 1.57. The highest BCUT2D eigenvalue weighted by Gasteiger charge is 2.37. The van der Waals surface area contributed by atoms with Crippen LogP contribution in [-0.4, -0.2) is 69.5 Å². The molecule has 30 heavy (non-hydrogen) atoms. The number of rotatable bonds is 4. The van der Waals surface area contributed by atoms with Gasteiger partial charge in [-0.1, -0.05) is 29.5 Å². The van der Waals surface area contributed by atoms with Crippen LogP contribution in [0.4, 0.5) is 16.3 Å². The molecule has 0 bridgehead atoms. The van der Waals surface area contributed by atoms with E-state index in [1.54, 1.807) is 6.20 Å². The fourth-order valence-electron chi connectivity index (χ4n) is 4.26. The minimum absolute atomic E-state index is 0.134. The summed E-state index contributed by atoms with van der Waals surface area (Å²) in [6.07, 6.45) is 4.65. The number of pyridine rings is 1. The van der Waals surface area contributed by atoms with Crippen LogP contribution in [0.15, 0.2) is 54.9 Å². The van der Waals surface area contributed by atoms with Crippen LogP contribution in [0, 0.1) is 0 Å². The Kier molecular flexibility index (Phi) is 4.82. The van der Waals surface area contributed by atoms with E-state index in [0.717, 1.165) is 49.8 Å². The number of likely N-dealkylation sites (tertiary alicyclic amines) is 2. The molecule has 1 N–H and O–H groups in total. The third-order valence-electron chi connectivity index (χ3n) is 6.21. The van der Waals surface area contributed by atoms with Crippen molar-refractivity contribution in [3.05, 3.63) is 66.1 Å². The van der Waals surface area contributed by atoms with E-state index in [9.17, 15) is 4.79 Å². The first-order chi connectivity index (χ1) is 14.7. The van der Waals surface area contributed by atoms with E-state index in [1.807, 2.05) is 41.2 Å². The number of benzene rings is 1. The predicted molar refractivity (Wildman–Crippen MR) is 114 cm³/mol. The number of H-pyrrole nitrogens is 1. The van der Waals surface area contributed by atoms with Crippen molar-refractivity contribution in [2.75, 3.05) is 38.1 Å². The van der Waals surface area contributed by atoms with Gasteiger partial charge < -0.3 is 14.7 Å². The first kappa shape index (κ1) is 18.6. The molecule has 4 heterocycles. The fraction of sp³-hybridized carbons (Fsp3) is 0.364. The molecule has 0 saturated carbocycles. The number of anilines is 2. The van der Waals surface area contributed by atoms with Gasteiger partial charge in [-0.25, -0.2) is 9.78 Å². The minimum atomic E-state index is 0.134. The van der Waals surface area contributed by atoms with Gasteiger partial charge in [-0.2, -0.15) is 0 Å². The van der Waals surface area contributed by atoms with Crippen molar-refractivity contribution < 1.29 is 4.79 Å². The zero-order chi connectivity index (χ0) is 20.5. The lowest BCUT2D eigenvalue weighted by atomic mass is 9.93. The molecule has 0 radical (unpaired) electrons. The minimum Gasteiger partial charge on any atom is -0.329 e. The number of aromatic nitrogens is 4. The van der Waals surface area contributed by atoms with Crippen molar-refractivity contribution in [1.29, 1.82) is 0 Å². The number of carbonyl (C=O) groups excluding carboxylic acids is 1. The summed E-state index contributed by atoms with van der Waals surface area (Å²) in [5, 5.41) is 10.6. The molecular weight excluding hydrogens is 378 g/mol. The number of aromatic amines is 1. The maximum Gasteiger partial charge on any atom is 0.320 e. The van der Waals surface area contributed by atoms with Crippen LogP contribution in [0.2, 0.25) is 0 Å². The Morgan fingerprint density at radius 2 is 1.83 bits per heavy atom. The predicted octanol–water partition coefficient (Wildman–Crippen LogP) is 2.98. The first-order valence-corrected chi connectivity index (χ1v) is 10.3. The van der Waals surface area contributed by atoms with Gasteiger partial charge in [0, 0.05) is 56.9 Å². The van der Waals surface area contributed by atoms with E-state index in [-0.39, 0.29) is 6.03 Å². The number of urea groups is 1. The van der Waals surface area contributed by atoms with Gasteiger partial charge in [0.2, 0.25) is 0 Å². The molecule has 2 amide bonds. The number of nitrogens with zero attached hydrogens (tertiary/aromatic N) is 6. The molecule has 0 unspecified atom stereocenters. The smallest absolute Gasteiger partial charge is 0.320 e. The summed E-state index contributed by atoms with van der Waals surface area (Å²) in [6, 6.07) is 14.5. The van der Waals surface area contributed by atoms with Crippen molar-refractivity contribution in [3.63, 3.8) is 0 Å². The zero-order valence-corrected chi connectivity index (χ0v) is 17.0. The summed E-state index contributed by atoms with van der Waals surface area (Å²) in [4.78, 5) is 23.4. The van der Waals surface area contributed by atoms with E-state index < -0.39 is 0 Å². The second-order valence-electron chi connectivity index (χ2n) is 8.07. The highest BCUT2D eigenvalue weighted by Crippen LogP contribution is 2.32. The van der Waals surface area contributed by atoms with Crippen molar-refractivity contribution >= 4 is 17.5 Å². The van der Waals surface area contributed by atoms with Gasteiger partial charge in [0.1, 0.15) is 5.82 Å². The topological polar surface area (TPSA) is 81.2 Å². The van der Waals surface area contributed by atoms with Crippen molar-refractivity contribution in [2.24, 2.45) is 0 Å². The molecular formula is C22H25N7O. The standard InChI is InChI=1S/C22H25N7O/c1-27(19-5-3-2-4-6-19)21-8-7-16(11-23-21)18-14-29(15-18)22(30)28-10-9-17(13-28)20-12-24-26-25-20/h2-8,11-12,17-18H,9-10,13-15H2,1H3,(H,24,25,26)/t17-/m0/s1. The number of hydrogen-bond acceptors (Lipinski definition) is 5. The number of amides is 2. The van der Waals surface area contributed by atoms with E-state index in [4.69, 9.17) is 0 Å². The average molecular weight is 403 g/mol. The van der Waals surface area contributed by atoms with Crippen LogP contribution in [-0.2, 0) is 0 Å². The molecule has 8 heteroatoms. The van der Waals surface area contributed by atoms with E-state index in [0.29, 0.717) is 11.8 Å². The molecule has 2 fully saturated rings. The molecule has 2 saturated heterocycles. The Hall–Kier alpha value is -3.42. The number of carbonyl (C=O) groups is 1. The molecule has 2 aliphatic heterocycles. The lowest BCUT2D eigenvalue weighted by Gasteiger charge is -2.41. The van der Waals surface area contributed by atoms with Crippen LogP contribution in [0.25, 0.3) is 0 Å². The van der Waals surface area contributed by atoms with Crippen LogP contribution < -0.4 is 4.90 Å². The molecule has 5 rings (SSSR count). The molecule has 154 valence electrons. The lowest BCUT2D eigenvalue weighted by molar-refractivity contribution is 0.121. The molecule has 3 aromatic rings. The van der Waals surface area contributed by atoms with Gasteiger partial charge in [0.15, 0.2) is 0 Å². The van der Waals surface area contributed by atoms with E-state index in [1.165, 1.54) is 5.56 Å². The van der Waals surface area contributed by atoms with Crippen LogP contribution in [0.1, 0.15) is 29.5 Å². The Labute approximate surface area is 175 Å². The van der Waals surface area contributed by atoms with E-state index >= 15 is 0 Å². The molecule has 0 aliphatic carbocycles. The van der Waals surface area contributed by atoms with Gasteiger partial charge >= 0.3 is 6.03 Å². The highest BCUT2D eigenvalue weighted by molar-refractivity contribution is 5.76. The zero-order valence-electron chi connectivity index (χ0n) is 17.0. The molecule has 1 aromatic carbocycles. The highest BCUT2D eigenvalue weighted by atomic mass is 16.2. The van der Waals surface area contributed by atoms with Gasteiger partial charge in [0.05, 0.1) is 11.9 Å². The van der Waals surface area contributed by atoms with E-state index in [2.05, 4.69) is 49.6 Å².